The monoisotopic (exact) mass is 184 g/mol. The van der Waals surface area contributed by atoms with Crippen LogP contribution in [0.3, 0.4) is 0 Å². The van der Waals surface area contributed by atoms with Crippen LogP contribution < -0.4 is 0 Å². The summed E-state index contributed by atoms with van der Waals surface area (Å²) in [5, 5.41) is 0. The topological polar surface area (TPSA) is 26.3 Å². The van der Waals surface area contributed by atoms with Gasteiger partial charge < -0.3 is 4.74 Å². The molecule has 0 spiro atoms. The molecular formula is C9H12O2S. The van der Waals surface area contributed by atoms with Crippen LogP contribution in [0.25, 0.3) is 0 Å². The van der Waals surface area contributed by atoms with Crippen LogP contribution in [0.5, 0.6) is 0 Å². The molecule has 1 atom stereocenters. The van der Waals surface area contributed by atoms with Crippen LogP contribution in [-0.4, -0.2) is 16.4 Å². The van der Waals surface area contributed by atoms with Gasteiger partial charge in [0.25, 0.3) is 0 Å². The fraction of sp³-hybridized carbons (Fsp3) is 0.333. The molecule has 0 fully saturated rings. The van der Waals surface area contributed by atoms with E-state index in [1.54, 1.807) is 6.26 Å². The Morgan fingerprint density at radius 3 is 2.58 bits per heavy atom. The lowest BCUT2D eigenvalue weighted by atomic mass is 10.2. The number of hydrogen-bond donors (Lipinski definition) is 0. The Hall–Kier alpha value is -0.670. The van der Waals surface area contributed by atoms with Crippen LogP contribution in [0.15, 0.2) is 30.3 Å². The molecule has 0 radical (unpaired) electrons. The van der Waals surface area contributed by atoms with Crippen molar-refractivity contribution in [3.05, 3.63) is 35.9 Å². The fourth-order valence-corrected chi connectivity index (χ4v) is 1.17. The van der Waals surface area contributed by atoms with E-state index in [0.717, 1.165) is 5.56 Å². The van der Waals surface area contributed by atoms with Crippen LogP contribution in [0.4, 0.5) is 0 Å². The summed E-state index contributed by atoms with van der Waals surface area (Å²) in [6.07, 6.45) is 1.63. The summed E-state index contributed by atoms with van der Waals surface area (Å²) in [5.74, 6) is 0.314. The molecule has 1 aromatic rings. The standard InChI is InChI=1S/C9H12O2S/c1-12(10)8-11-7-9-5-3-2-4-6-9/h2-6H,7-8H2,1H3. The van der Waals surface area contributed by atoms with Gasteiger partial charge in [-0.15, -0.1) is 0 Å². The van der Waals surface area contributed by atoms with E-state index in [0.29, 0.717) is 12.5 Å². The van der Waals surface area contributed by atoms with Gasteiger partial charge in [-0.05, 0) is 5.56 Å². The lowest BCUT2D eigenvalue weighted by Gasteiger charge is -2.00. The van der Waals surface area contributed by atoms with Gasteiger partial charge in [-0.2, -0.15) is 0 Å². The van der Waals surface area contributed by atoms with Gasteiger partial charge in [-0.1, -0.05) is 30.3 Å². The Bertz CT molecular complexity index is 246. The quantitative estimate of drug-likeness (QED) is 0.709. The minimum absolute atomic E-state index is 0.314. The van der Waals surface area contributed by atoms with Crippen molar-refractivity contribution < 1.29 is 8.95 Å². The molecule has 0 bridgehead atoms. The van der Waals surface area contributed by atoms with Crippen LogP contribution in [0.2, 0.25) is 0 Å². The maximum atomic E-state index is 10.6. The molecule has 66 valence electrons. The summed E-state index contributed by atoms with van der Waals surface area (Å²) >= 11 is 0. The molecule has 3 heteroatoms. The Kier molecular flexibility index (Phi) is 3.97. The Labute approximate surface area is 75.0 Å². The first-order valence-electron chi connectivity index (χ1n) is 3.71. The highest BCUT2D eigenvalue weighted by Crippen LogP contribution is 2.00. The van der Waals surface area contributed by atoms with Gasteiger partial charge in [0, 0.05) is 17.1 Å². The minimum Gasteiger partial charge on any atom is -0.364 e. The van der Waals surface area contributed by atoms with Gasteiger partial charge in [-0.3, -0.25) is 4.21 Å². The number of rotatable bonds is 4. The highest BCUT2D eigenvalue weighted by Gasteiger charge is 1.92. The van der Waals surface area contributed by atoms with Gasteiger partial charge in [-0.25, -0.2) is 0 Å². The second-order valence-corrected chi connectivity index (χ2v) is 3.91. The first kappa shape index (κ1) is 9.42. The van der Waals surface area contributed by atoms with E-state index in [2.05, 4.69) is 0 Å². The molecule has 1 unspecified atom stereocenters. The fourth-order valence-electron chi connectivity index (χ4n) is 0.851. The van der Waals surface area contributed by atoms with Crippen molar-refractivity contribution in [3.63, 3.8) is 0 Å². The summed E-state index contributed by atoms with van der Waals surface area (Å²) in [6, 6.07) is 9.85. The molecule has 0 aliphatic heterocycles. The summed E-state index contributed by atoms with van der Waals surface area (Å²) in [4.78, 5) is 0. The van der Waals surface area contributed by atoms with Crippen molar-refractivity contribution >= 4 is 10.8 Å². The molecule has 0 amide bonds. The summed E-state index contributed by atoms with van der Waals surface area (Å²) < 4.78 is 15.8. The third kappa shape index (κ3) is 3.64. The third-order valence-corrected chi connectivity index (χ3v) is 1.86. The van der Waals surface area contributed by atoms with Crippen molar-refractivity contribution in [2.75, 3.05) is 12.2 Å². The van der Waals surface area contributed by atoms with Crippen LogP contribution in [0, 0.1) is 0 Å². The van der Waals surface area contributed by atoms with E-state index < -0.39 is 10.8 Å². The first-order chi connectivity index (χ1) is 5.79. The lowest BCUT2D eigenvalue weighted by molar-refractivity contribution is 0.166. The van der Waals surface area contributed by atoms with Crippen molar-refractivity contribution in [1.29, 1.82) is 0 Å². The van der Waals surface area contributed by atoms with E-state index in [4.69, 9.17) is 4.74 Å². The molecule has 0 aliphatic carbocycles. The van der Waals surface area contributed by atoms with Gasteiger partial charge in [0.2, 0.25) is 0 Å². The zero-order valence-electron chi connectivity index (χ0n) is 7.03. The molecule has 1 aromatic carbocycles. The van der Waals surface area contributed by atoms with Gasteiger partial charge in [0.1, 0.15) is 5.94 Å². The minimum atomic E-state index is -0.861. The molecule has 0 saturated carbocycles. The Morgan fingerprint density at radius 2 is 2.00 bits per heavy atom. The highest BCUT2D eigenvalue weighted by atomic mass is 32.2. The molecular weight excluding hydrogens is 172 g/mol. The summed E-state index contributed by atoms with van der Waals surface area (Å²) in [7, 11) is -0.861. The Morgan fingerprint density at radius 1 is 1.33 bits per heavy atom. The molecule has 0 saturated heterocycles. The van der Waals surface area contributed by atoms with E-state index in [9.17, 15) is 4.21 Å². The van der Waals surface area contributed by atoms with Crippen molar-refractivity contribution in [2.45, 2.75) is 6.61 Å². The van der Waals surface area contributed by atoms with E-state index in [-0.39, 0.29) is 0 Å². The van der Waals surface area contributed by atoms with Gasteiger partial charge in [0.05, 0.1) is 6.61 Å². The van der Waals surface area contributed by atoms with Crippen LogP contribution in [-0.2, 0) is 22.1 Å². The normalized spacial score (nSPS) is 12.8. The van der Waals surface area contributed by atoms with Crippen molar-refractivity contribution in [2.24, 2.45) is 0 Å². The van der Waals surface area contributed by atoms with Crippen molar-refractivity contribution in [3.8, 4) is 0 Å². The summed E-state index contributed by atoms with van der Waals surface area (Å²) in [6.45, 7) is 0.542. The molecule has 2 nitrogen and oxygen atoms in total. The third-order valence-electron chi connectivity index (χ3n) is 1.36. The largest absolute Gasteiger partial charge is 0.364 e. The van der Waals surface area contributed by atoms with Crippen molar-refractivity contribution in [1.82, 2.24) is 0 Å². The number of ether oxygens (including phenoxy) is 1. The van der Waals surface area contributed by atoms with Gasteiger partial charge >= 0.3 is 0 Å². The van der Waals surface area contributed by atoms with E-state index in [1.807, 2.05) is 30.3 Å². The molecule has 12 heavy (non-hydrogen) atoms. The average Bonchev–Trinajstić information content (AvgIpc) is 2.05. The molecule has 0 heterocycles. The Balaban J connectivity index is 2.29. The lowest BCUT2D eigenvalue weighted by Crippen LogP contribution is -1.99. The summed E-state index contributed by atoms with van der Waals surface area (Å²) in [5.41, 5.74) is 1.11. The molecule has 1 rings (SSSR count). The predicted molar refractivity (Wildman–Crippen MR) is 50.2 cm³/mol. The zero-order valence-corrected chi connectivity index (χ0v) is 7.84. The predicted octanol–water partition coefficient (Wildman–Crippen LogP) is 1.54. The van der Waals surface area contributed by atoms with E-state index in [1.165, 1.54) is 0 Å². The second-order valence-electron chi connectivity index (χ2n) is 2.53. The van der Waals surface area contributed by atoms with Crippen LogP contribution in [0.1, 0.15) is 5.56 Å². The smallest absolute Gasteiger partial charge is 0.122 e. The second kappa shape index (κ2) is 5.06. The molecule has 0 aromatic heterocycles. The van der Waals surface area contributed by atoms with E-state index >= 15 is 0 Å². The zero-order chi connectivity index (χ0) is 8.81. The highest BCUT2D eigenvalue weighted by molar-refractivity contribution is 7.84. The average molecular weight is 184 g/mol. The maximum absolute atomic E-state index is 10.6. The molecule has 0 N–H and O–H groups in total. The number of benzene rings is 1. The molecule has 0 aliphatic rings. The number of hydrogen-bond acceptors (Lipinski definition) is 2. The first-order valence-corrected chi connectivity index (χ1v) is 5.43. The maximum Gasteiger partial charge on any atom is 0.122 e. The van der Waals surface area contributed by atoms with Crippen LogP contribution >= 0.6 is 0 Å². The van der Waals surface area contributed by atoms with Gasteiger partial charge in [0.15, 0.2) is 0 Å². The SMILES string of the molecule is CS(=O)COCc1ccccc1.